The highest BCUT2D eigenvalue weighted by atomic mass is 79.9. The molecule has 4 nitrogen and oxygen atoms in total. The Morgan fingerprint density at radius 2 is 1.86 bits per heavy atom. The molecule has 1 saturated heterocycles. The van der Waals surface area contributed by atoms with Crippen molar-refractivity contribution in [2.45, 2.75) is 79.8 Å². The second-order valence-electron chi connectivity index (χ2n) is 8.49. The van der Waals surface area contributed by atoms with Crippen molar-refractivity contribution in [2.75, 3.05) is 5.33 Å². The van der Waals surface area contributed by atoms with Crippen molar-refractivity contribution in [3.63, 3.8) is 0 Å². The Labute approximate surface area is 187 Å². The van der Waals surface area contributed by atoms with Crippen LogP contribution in [0.2, 0.25) is 18.1 Å². The SMILES string of the molecule is CC(=O)O[C@H]1[C@H](O[Si](C)(C)C(C)(C)C)[C@H](Sc2ccccc2)[C@@H](Cl)O[C@@H]1CBr. The van der Waals surface area contributed by atoms with Gasteiger partial charge in [0.1, 0.15) is 17.8 Å². The van der Waals surface area contributed by atoms with E-state index in [9.17, 15) is 4.79 Å². The largest absolute Gasteiger partial charge is 0.457 e. The third-order valence-corrected chi connectivity index (χ3v) is 12.3. The molecular formula is C20H30BrClO4SSi. The number of benzene rings is 1. The van der Waals surface area contributed by atoms with Crippen LogP contribution in [0.1, 0.15) is 27.7 Å². The van der Waals surface area contributed by atoms with E-state index < -0.39 is 20.0 Å². The molecule has 1 aromatic rings. The van der Waals surface area contributed by atoms with Crippen molar-refractivity contribution in [1.82, 2.24) is 0 Å². The number of ether oxygens (including phenoxy) is 2. The molecule has 0 radical (unpaired) electrons. The lowest BCUT2D eigenvalue weighted by Crippen LogP contribution is -2.61. The van der Waals surface area contributed by atoms with Crippen LogP contribution in [0.4, 0.5) is 0 Å². The molecule has 28 heavy (non-hydrogen) atoms. The highest BCUT2D eigenvalue weighted by Gasteiger charge is 2.51. The van der Waals surface area contributed by atoms with Crippen LogP contribution < -0.4 is 0 Å². The molecular weight excluding hydrogens is 480 g/mol. The van der Waals surface area contributed by atoms with Crippen molar-refractivity contribution in [2.24, 2.45) is 0 Å². The van der Waals surface area contributed by atoms with Crippen LogP contribution in [0, 0.1) is 0 Å². The van der Waals surface area contributed by atoms with E-state index in [0.717, 1.165) is 4.90 Å². The van der Waals surface area contributed by atoms with Gasteiger partial charge >= 0.3 is 5.97 Å². The second-order valence-corrected chi connectivity index (χ2v) is 15.6. The summed E-state index contributed by atoms with van der Waals surface area (Å²) >= 11 is 11.8. The van der Waals surface area contributed by atoms with E-state index in [0.29, 0.717) is 5.33 Å². The first-order chi connectivity index (χ1) is 13.0. The van der Waals surface area contributed by atoms with Gasteiger partial charge in [-0.3, -0.25) is 4.79 Å². The summed E-state index contributed by atoms with van der Waals surface area (Å²) in [5.41, 5.74) is -0.561. The fourth-order valence-corrected chi connectivity index (χ4v) is 6.26. The van der Waals surface area contributed by atoms with Crippen molar-refractivity contribution in [3.8, 4) is 0 Å². The first kappa shape index (κ1) is 24.2. The van der Waals surface area contributed by atoms with Gasteiger partial charge in [-0.05, 0) is 30.3 Å². The van der Waals surface area contributed by atoms with Crippen LogP contribution in [-0.4, -0.2) is 48.7 Å². The molecule has 158 valence electrons. The second kappa shape index (κ2) is 9.84. The van der Waals surface area contributed by atoms with Gasteiger partial charge in [-0.15, -0.1) is 11.8 Å². The van der Waals surface area contributed by atoms with Gasteiger partial charge < -0.3 is 13.9 Å². The van der Waals surface area contributed by atoms with E-state index in [-0.39, 0.29) is 28.5 Å². The summed E-state index contributed by atoms with van der Waals surface area (Å²) < 4.78 is 18.5. The van der Waals surface area contributed by atoms with Gasteiger partial charge in [0, 0.05) is 17.1 Å². The van der Waals surface area contributed by atoms with Crippen LogP contribution in [0.5, 0.6) is 0 Å². The predicted octanol–water partition coefficient (Wildman–Crippen LogP) is 5.83. The molecule has 0 bridgehead atoms. The van der Waals surface area contributed by atoms with E-state index in [1.54, 1.807) is 11.8 Å². The van der Waals surface area contributed by atoms with Crippen molar-refractivity contribution < 1.29 is 18.7 Å². The molecule has 1 heterocycles. The third-order valence-electron chi connectivity index (χ3n) is 5.28. The van der Waals surface area contributed by atoms with E-state index >= 15 is 0 Å². The van der Waals surface area contributed by atoms with Crippen LogP contribution in [0.25, 0.3) is 0 Å². The minimum Gasteiger partial charge on any atom is -0.457 e. The Kier molecular flexibility index (Phi) is 8.51. The molecule has 5 atom stereocenters. The lowest BCUT2D eigenvalue weighted by molar-refractivity contribution is -0.177. The summed E-state index contributed by atoms with van der Waals surface area (Å²) in [5.74, 6) is -0.347. The van der Waals surface area contributed by atoms with Gasteiger partial charge in [-0.2, -0.15) is 0 Å². The molecule has 0 saturated carbocycles. The number of hydrogen-bond acceptors (Lipinski definition) is 5. The number of hydrogen-bond donors (Lipinski definition) is 0. The number of carbonyl (C=O) groups excluding carboxylic acids is 1. The molecule has 8 heteroatoms. The van der Waals surface area contributed by atoms with E-state index in [4.69, 9.17) is 25.5 Å². The monoisotopic (exact) mass is 508 g/mol. The maximum atomic E-state index is 11.9. The van der Waals surface area contributed by atoms with E-state index in [1.807, 2.05) is 30.3 Å². The molecule has 1 fully saturated rings. The summed E-state index contributed by atoms with van der Waals surface area (Å²) in [4.78, 5) is 12.9. The van der Waals surface area contributed by atoms with E-state index in [1.165, 1.54) is 6.92 Å². The minimum absolute atomic E-state index is 0.0136. The maximum Gasteiger partial charge on any atom is 0.303 e. The summed E-state index contributed by atoms with van der Waals surface area (Å²) in [7, 11) is -2.15. The fraction of sp³-hybridized carbons (Fsp3) is 0.650. The summed E-state index contributed by atoms with van der Waals surface area (Å²) in [6, 6.07) is 10.0. The van der Waals surface area contributed by atoms with Crippen LogP contribution in [0.3, 0.4) is 0 Å². The van der Waals surface area contributed by atoms with Crippen molar-refractivity contribution in [3.05, 3.63) is 30.3 Å². The molecule has 0 N–H and O–H groups in total. The van der Waals surface area contributed by atoms with Gasteiger partial charge in [0.25, 0.3) is 0 Å². The lowest BCUT2D eigenvalue weighted by Gasteiger charge is -2.48. The standard InChI is InChI=1S/C20H30BrClO4SSi/c1-13(23)24-16-15(12-21)25-19(22)18(27-14-10-8-7-9-11-14)17(16)26-28(5,6)20(2,3)4/h7-11,15-19H,12H2,1-6H3/t15-,16-,17+,18+,19+/m1/s1. The molecule has 0 aliphatic carbocycles. The van der Waals surface area contributed by atoms with Crippen molar-refractivity contribution >= 4 is 53.6 Å². The molecule has 0 amide bonds. The number of alkyl halides is 2. The van der Waals surface area contributed by atoms with Crippen LogP contribution in [0.15, 0.2) is 35.2 Å². The molecule has 1 aromatic carbocycles. The fourth-order valence-electron chi connectivity index (χ4n) is 2.76. The summed E-state index contributed by atoms with van der Waals surface area (Å²) in [6.07, 6.45) is -1.26. The summed E-state index contributed by atoms with van der Waals surface area (Å²) in [6.45, 7) is 12.4. The Bertz CT molecular complexity index is 655. The zero-order valence-electron chi connectivity index (χ0n) is 17.3. The van der Waals surface area contributed by atoms with E-state index in [2.05, 4.69) is 49.8 Å². The number of rotatable bonds is 6. The maximum absolute atomic E-state index is 11.9. The molecule has 1 aliphatic heterocycles. The first-order valence-electron chi connectivity index (χ1n) is 9.38. The van der Waals surface area contributed by atoms with Gasteiger partial charge in [0.05, 0.1) is 5.25 Å². The molecule has 1 aliphatic rings. The number of carbonyl (C=O) groups is 1. The number of thioether (sulfide) groups is 1. The third kappa shape index (κ3) is 5.98. The normalized spacial score (nSPS) is 28.8. The average molecular weight is 510 g/mol. The van der Waals surface area contributed by atoms with Crippen LogP contribution >= 0.6 is 39.3 Å². The zero-order valence-corrected chi connectivity index (χ0v) is 21.4. The average Bonchev–Trinajstić information content (AvgIpc) is 2.59. The number of esters is 1. The lowest BCUT2D eigenvalue weighted by atomic mass is 10.0. The Hall–Kier alpha value is -0.0531. The Morgan fingerprint density at radius 3 is 2.36 bits per heavy atom. The first-order valence-corrected chi connectivity index (χ1v) is 14.7. The zero-order chi connectivity index (χ0) is 21.1. The minimum atomic E-state index is -2.15. The Morgan fingerprint density at radius 1 is 1.25 bits per heavy atom. The molecule has 2 rings (SSSR count). The molecule has 0 unspecified atom stereocenters. The van der Waals surface area contributed by atoms with Gasteiger partial charge in [-0.25, -0.2) is 0 Å². The topological polar surface area (TPSA) is 44.8 Å². The highest BCUT2D eigenvalue weighted by Crippen LogP contribution is 2.44. The quantitative estimate of drug-likeness (QED) is 0.274. The van der Waals surface area contributed by atoms with Gasteiger partial charge in [0.15, 0.2) is 14.4 Å². The highest BCUT2D eigenvalue weighted by molar-refractivity contribution is 9.09. The predicted molar refractivity (Wildman–Crippen MR) is 122 cm³/mol. The Balaban J connectivity index is 2.41. The van der Waals surface area contributed by atoms with Crippen molar-refractivity contribution in [1.29, 1.82) is 0 Å². The molecule has 0 spiro atoms. The number of halogens is 2. The van der Waals surface area contributed by atoms with Gasteiger partial charge in [0.2, 0.25) is 0 Å². The van der Waals surface area contributed by atoms with Crippen LogP contribution in [-0.2, 0) is 18.7 Å². The van der Waals surface area contributed by atoms with Gasteiger partial charge in [-0.1, -0.05) is 66.5 Å². The molecule has 0 aromatic heterocycles. The smallest absolute Gasteiger partial charge is 0.303 e. The summed E-state index contributed by atoms with van der Waals surface area (Å²) in [5, 5.41) is 0.311.